The lowest BCUT2D eigenvalue weighted by Gasteiger charge is -2.05. The molecular formula is C15H17NO. The molecule has 2 heteroatoms. The second kappa shape index (κ2) is 4.58. The van der Waals surface area contributed by atoms with Crippen LogP contribution < -0.4 is 0 Å². The van der Waals surface area contributed by atoms with E-state index in [0.29, 0.717) is 5.92 Å². The monoisotopic (exact) mass is 227 g/mol. The number of hydrogen-bond donors (Lipinski definition) is 0. The molecule has 0 bridgehead atoms. The van der Waals surface area contributed by atoms with Gasteiger partial charge in [-0.2, -0.15) is 0 Å². The van der Waals surface area contributed by atoms with E-state index in [4.69, 9.17) is 0 Å². The van der Waals surface area contributed by atoms with Gasteiger partial charge in [0.1, 0.15) is 0 Å². The van der Waals surface area contributed by atoms with Crippen LogP contribution in [0, 0.1) is 5.92 Å². The lowest BCUT2D eigenvalue weighted by atomic mass is 10.0. The number of benzene rings is 1. The number of hydrogen-bond acceptors (Lipinski definition) is 1. The number of nitrogens with zero attached hydrogens (tertiary/aromatic N) is 1. The van der Waals surface area contributed by atoms with Crippen molar-refractivity contribution in [2.45, 2.75) is 20.3 Å². The molecule has 0 saturated carbocycles. The molecule has 88 valence electrons. The van der Waals surface area contributed by atoms with E-state index in [1.54, 1.807) is 10.8 Å². The van der Waals surface area contributed by atoms with Gasteiger partial charge in [-0.25, -0.2) is 0 Å². The topological polar surface area (TPSA) is 22.0 Å². The van der Waals surface area contributed by atoms with Gasteiger partial charge in [0.15, 0.2) is 0 Å². The van der Waals surface area contributed by atoms with Crippen molar-refractivity contribution in [1.82, 2.24) is 4.57 Å². The molecule has 0 spiro atoms. The fourth-order valence-corrected chi connectivity index (χ4v) is 2.08. The fraction of sp³-hybridized carbons (Fsp3) is 0.267. The summed E-state index contributed by atoms with van der Waals surface area (Å²) in [6.45, 7) is 7.92. The summed E-state index contributed by atoms with van der Waals surface area (Å²) < 4.78 is 1.63. The van der Waals surface area contributed by atoms with Crippen LogP contribution in [-0.2, 0) is 6.42 Å². The maximum Gasteiger partial charge on any atom is 0.254 e. The van der Waals surface area contributed by atoms with Gasteiger partial charge in [-0.1, -0.05) is 26.5 Å². The molecule has 0 fully saturated rings. The summed E-state index contributed by atoms with van der Waals surface area (Å²) in [4.78, 5) is 11.6. The van der Waals surface area contributed by atoms with E-state index in [-0.39, 0.29) is 5.91 Å². The van der Waals surface area contributed by atoms with Gasteiger partial charge >= 0.3 is 0 Å². The molecule has 2 nitrogen and oxygen atoms in total. The Morgan fingerprint density at radius 1 is 1.41 bits per heavy atom. The minimum absolute atomic E-state index is 0.0865. The van der Waals surface area contributed by atoms with Crippen molar-refractivity contribution >= 4 is 16.8 Å². The second-order valence-electron chi connectivity index (χ2n) is 4.72. The van der Waals surface area contributed by atoms with E-state index in [1.165, 1.54) is 11.6 Å². The van der Waals surface area contributed by atoms with Gasteiger partial charge in [-0.15, -0.1) is 0 Å². The van der Waals surface area contributed by atoms with Gasteiger partial charge < -0.3 is 0 Å². The standard InChI is InChI=1S/C15H17NO/c1-4-15(17)16-8-7-13-10-12(9-11(2)3)5-6-14(13)16/h4-8,10-11H,1,9H2,2-3H3. The Morgan fingerprint density at radius 3 is 2.82 bits per heavy atom. The van der Waals surface area contributed by atoms with Gasteiger partial charge in [0, 0.05) is 11.6 Å². The summed E-state index contributed by atoms with van der Waals surface area (Å²) in [5, 5.41) is 1.11. The van der Waals surface area contributed by atoms with Crippen LogP contribution in [0.15, 0.2) is 43.1 Å². The largest absolute Gasteiger partial charge is 0.284 e. The van der Waals surface area contributed by atoms with Crippen molar-refractivity contribution in [2.24, 2.45) is 5.92 Å². The van der Waals surface area contributed by atoms with Crippen LogP contribution in [0.2, 0.25) is 0 Å². The van der Waals surface area contributed by atoms with Gasteiger partial charge in [0.05, 0.1) is 5.52 Å². The zero-order valence-electron chi connectivity index (χ0n) is 10.3. The van der Waals surface area contributed by atoms with E-state index in [9.17, 15) is 4.79 Å². The molecule has 2 rings (SSSR count). The Balaban J connectivity index is 2.44. The molecule has 0 amide bonds. The molecule has 0 N–H and O–H groups in total. The summed E-state index contributed by atoms with van der Waals surface area (Å²) >= 11 is 0. The van der Waals surface area contributed by atoms with Crippen LogP contribution in [0.3, 0.4) is 0 Å². The van der Waals surface area contributed by atoms with Crippen LogP contribution >= 0.6 is 0 Å². The molecule has 0 aliphatic carbocycles. The third-order valence-electron chi connectivity index (χ3n) is 2.81. The first-order valence-corrected chi connectivity index (χ1v) is 5.88. The number of carbonyl (C=O) groups excluding carboxylic acids is 1. The van der Waals surface area contributed by atoms with Gasteiger partial charge in [-0.3, -0.25) is 9.36 Å². The van der Waals surface area contributed by atoms with E-state index in [0.717, 1.165) is 17.3 Å². The SMILES string of the molecule is C=CC(=O)n1ccc2cc(CC(C)C)ccc21. The van der Waals surface area contributed by atoms with Crippen molar-refractivity contribution in [3.05, 3.63) is 48.7 Å². The fourth-order valence-electron chi connectivity index (χ4n) is 2.08. The number of fused-ring (bicyclic) bond motifs is 1. The molecule has 0 unspecified atom stereocenters. The summed E-state index contributed by atoms with van der Waals surface area (Å²) in [7, 11) is 0. The molecule has 1 aromatic heterocycles. The van der Waals surface area contributed by atoms with Crippen LogP contribution in [0.4, 0.5) is 0 Å². The van der Waals surface area contributed by atoms with Gasteiger partial charge in [0.25, 0.3) is 5.91 Å². The third kappa shape index (κ3) is 2.31. The Kier molecular flexibility index (Phi) is 3.14. The van der Waals surface area contributed by atoms with Crippen LogP contribution in [-0.4, -0.2) is 10.5 Å². The molecular weight excluding hydrogens is 210 g/mol. The smallest absolute Gasteiger partial charge is 0.254 e. The van der Waals surface area contributed by atoms with Crippen LogP contribution in [0.1, 0.15) is 24.2 Å². The molecule has 0 saturated heterocycles. The number of allylic oxidation sites excluding steroid dienone is 1. The van der Waals surface area contributed by atoms with Crippen molar-refractivity contribution < 1.29 is 4.79 Å². The number of carbonyl (C=O) groups is 1. The maximum atomic E-state index is 11.6. The first-order chi connectivity index (χ1) is 8.11. The zero-order chi connectivity index (χ0) is 12.4. The lowest BCUT2D eigenvalue weighted by Crippen LogP contribution is -2.04. The Bertz CT molecular complexity index is 563. The first-order valence-electron chi connectivity index (χ1n) is 5.88. The van der Waals surface area contributed by atoms with Crippen LogP contribution in [0.5, 0.6) is 0 Å². The summed E-state index contributed by atoms with van der Waals surface area (Å²) in [5.41, 5.74) is 2.26. The molecule has 0 aliphatic rings. The number of aromatic nitrogens is 1. The van der Waals surface area contributed by atoms with E-state index in [2.05, 4.69) is 32.6 Å². The average Bonchev–Trinajstić information content (AvgIpc) is 2.70. The van der Waals surface area contributed by atoms with E-state index >= 15 is 0 Å². The van der Waals surface area contributed by atoms with Crippen molar-refractivity contribution in [3.63, 3.8) is 0 Å². The molecule has 17 heavy (non-hydrogen) atoms. The predicted molar refractivity (Wildman–Crippen MR) is 71.3 cm³/mol. The number of rotatable bonds is 3. The van der Waals surface area contributed by atoms with Crippen molar-refractivity contribution in [2.75, 3.05) is 0 Å². The highest BCUT2D eigenvalue weighted by atomic mass is 16.1. The third-order valence-corrected chi connectivity index (χ3v) is 2.81. The van der Waals surface area contributed by atoms with E-state index < -0.39 is 0 Å². The quantitative estimate of drug-likeness (QED) is 0.733. The maximum absolute atomic E-state index is 11.6. The van der Waals surface area contributed by atoms with Gasteiger partial charge in [-0.05, 0) is 42.2 Å². The molecule has 2 aromatic rings. The first kappa shape index (κ1) is 11.6. The summed E-state index contributed by atoms with van der Waals surface area (Å²) in [6, 6.07) is 8.23. The van der Waals surface area contributed by atoms with Crippen molar-refractivity contribution in [1.29, 1.82) is 0 Å². The Labute approximate surface area is 102 Å². The zero-order valence-corrected chi connectivity index (χ0v) is 10.3. The molecule has 0 atom stereocenters. The molecule has 0 radical (unpaired) electrons. The average molecular weight is 227 g/mol. The van der Waals surface area contributed by atoms with Gasteiger partial charge in [0.2, 0.25) is 0 Å². The highest BCUT2D eigenvalue weighted by Gasteiger charge is 2.06. The lowest BCUT2D eigenvalue weighted by molar-refractivity contribution is 0.0974. The second-order valence-corrected chi connectivity index (χ2v) is 4.72. The predicted octanol–water partition coefficient (Wildman–Crippen LogP) is 3.67. The van der Waals surface area contributed by atoms with E-state index in [1.807, 2.05) is 12.1 Å². The highest BCUT2D eigenvalue weighted by molar-refractivity contribution is 5.97. The molecule has 0 aliphatic heterocycles. The molecule has 1 aromatic carbocycles. The van der Waals surface area contributed by atoms with Crippen LogP contribution in [0.25, 0.3) is 10.9 Å². The summed E-state index contributed by atoms with van der Waals surface area (Å²) in [6.07, 6.45) is 4.20. The highest BCUT2D eigenvalue weighted by Crippen LogP contribution is 2.19. The Morgan fingerprint density at radius 2 is 2.18 bits per heavy atom. The summed E-state index contributed by atoms with van der Waals surface area (Å²) in [5.74, 6) is 0.556. The Hall–Kier alpha value is -1.83. The molecule has 1 heterocycles. The van der Waals surface area contributed by atoms with Crippen molar-refractivity contribution in [3.8, 4) is 0 Å². The minimum atomic E-state index is -0.0865. The normalized spacial score (nSPS) is 11.0. The minimum Gasteiger partial charge on any atom is -0.284 e.